The molecule has 0 atom stereocenters. The molecule has 0 bridgehead atoms. The van der Waals surface area contributed by atoms with E-state index >= 15 is 0 Å². The van der Waals surface area contributed by atoms with Crippen molar-refractivity contribution in [1.82, 2.24) is 9.97 Å². The van der Waals surface area contributed by atoms with Gasteiger partial charge >= 0.3 is 0 Å². The standard InChI is InChI=1S/C15H15BrN2O/c1-2-14-17-13(16)11-15(18-14)19-10-6-9-12-7-4-3-5-8-12/h3-9,11H,2,10H2,1H3/b9-6+. The number of hydrogen-bond acceptors (Lipinski definition) is 3. The molecular formula is C15H15BrN2O. The Kier molecular flexibility index (Phi) is 5.10. The summed E-state index contributed by atoms with van der Waals surface area (Å²) >= 11 is 3.35. The lowest BCUT2D eigenvalue weighted by atomic mass is 10.2. The molecule has 0 spiro atoms. The fraction of sp³-hybridized carbons (Fsp3) is 0.200. The molecule has 1 aromatic heterocycles. The van der Waals surface area contributed by atoms with Crippen molar-refractivity contribution in [2.24, 2.45) is 0 Å². The van der Waals surface area contributed by atoms with Gasteiger partial charge in [0, 0.05) is 12.5 Å². The van der Waals surface area contributed by atoms with Crippen molar-refractivity contribution in [1.29, 1.82) is 0 Å². The van der Waals surface area contributed by atoms with Gasteiger partial charge in [-0.2, -0.15) is 4.98 Å². The highest BCUT2D eigenvalue weighted by Gasteiger charge is 2.01. The van der Waals surface area contributed by atoms with Gasteiger partial charge in [-0.05, 0) is 27.6 Å². The Hall–Kier alpha value is -1.68. The average molecular weight is 319 g/mol. The number of aryl methyl sites for hydroxylation is 1. The van der Waals surface area contributed by atoms with Crippen molar-refractivity contribution < 1.29 is 4.74 Å². The Labute approximate surface area is 121 Å². The second-order valence-electron chi connectivity index (χ2n) is 3.92. The number of rotatable bonds is 5. The Morgan fingerprint density at radius 3 is 2.74 bits per heavy atom. The van der Waals surface area contributed by atoms with Gasteiger partial charge in [0.25, 0.3) is 0 Å². The molecule has 0 aliphatic heterocycles. The van der Waals surface area contributed by atoms with Gasteiger partial charge in [0.15, 0.2) is 0 Å². The van der Waals surface area contributed by atoms with Crippen LogP contribution >= 0.6 is 15.9 Å². The summed E-state index contributed by atoms with van der Waals surface area (Å²) in [5, 5.41) is 0. The van der Waals surface area contributed by atoms with Crippen LogP contribution in [0.4, 0.5) is 0 Å². The van der Waals surface area contributed by atoms with Gasteiger partial charge in [-0.1, -0.05) is 43.3 Å². The predicted molar refractivity (Wildman–Crippen MR) is 80.1 cm³/mol. The number of hydrogen-bond donors (Lipinski definition) is 0. The molecule has 0 unspecified atom stereocenters. The summed E-state index contributed by atoms with van der Waals surface area (Å²) in [6, 6.07) is 11.9. The summed E-state index contributed by atoms with van der Waals surface area (Å²) in [5.74, 6) is 1.37. The van der Waals surface area contributed by atoms with Crippen LogP contribution in [0.25, 0.3) is 6.08 Å². The highest BCUT2D eigenvalue weighted by Crippen LogP contribution is 2.14. The minimum Gasteiger partial charge on any atom is -0.473 e. The minimum atomic E-state index is 0.488. The predicted octanol–water partition coefficient (Wildman–Crippen LogP) is 3.89. The number of benzene rings is 1. The molecule has 0 radical (unpaired) electrons. The third-order valence-corrected chi connectivity index (χ3v) is 2.88. The lowest BCUT2D eigenvalue weighted by Gasteiger charge is -2.04. The number of ether oxygens (including phenoxy) is 1. The van der Waals surface area contributed by atoms with Gasteiger partial charge in [0.2, 0.25) is 5.88 Å². The summed E-state index contributed by atoms with van der Waals surface area (Å²) in [5.41, 5.74) is 1.16. The quantitative estimate of drug-likeness (QED) is 0.784. The van der Waals surface area contributed by atoms with Gasteiger partial charge in [-0.15, -0.1) is 0 Å². The van der Waals surface area contributed by atoms with Crippen LogP contribution in [0, 0.1) is 0 Å². The van der Waals surface area contributed by atoms with E-state index in [1.807, 2.05) is 49.4 Å². The first-order valence-corrected chi connectivity index (χ1v) is 6.95. The Bertz CT molecular complexity index is 555. The number of nitrogens with zero attached hydrogens (tertiary/aromatic N) is 2. The Balaban J connectivity index is 1.92. The topological polar surface area (TPSA) is 35.0 Å². The molecule has 0 saturated carbocycles. The van der Waals surface area contributed by atoms with Crippen LogP contribution in [-0.4, -0.2) is 16.6 Å². The monoisotopic (exact) mass is 318 g/mol. The van der Waals surface area contributed by atoms with Crippen LogP contribution < -0.4 is 4.74 Å². The van der Waals surface area contributed by atoms with Crippen molar-refractivity contribution in [2.45, 2.75) is 13.3 Å². The van der Waals surface area contributed by atoms with Crippen LogP contribution in [0.15, 0.2) is 47.1 Å². The second kappa shape index (κ2) is 7.04. The Morgan fingerprint density at radius 2 is 2.00 bits per heavy atom. The molecule has 0 N–H and O–H groups in total. The molecule has 2 aromatic rings. The molecule has 1 aromatic carbocycles. The van der Waals surface area contributed by atoms with Gasteiger partial charge in [-0.25, -0.2) is 4.98 Å². The van der Waals surface area contributed by atoms with Crippen LogP contribution in [0.1, 0.15) is 18.3 Å². The van der Waals surface area contributed by atoms with Gasteiger partial charge in [0.05, 0.1) is 0 Å². The molecule has 98 valence electrons. The van der Waals surface area contributed by atoms with Crippen molar-refractivity contribution in [2.75, 3.05) is 6.61 Å². The van der Waals surface area contributed by atoms with Crippen molar-refractivity contribution in [3.63, 3.8) is 0 Å². The first kappa shape index (κ1) is 13.7. The van der Waals surface area contributed by atoms with Gasteiger partial charge in [0.1, 0.15) is 17.0 Å². The highest BCUT2D eigenvalue weighted by atomic mass is 79.9. The number of aromatic nitrogens is 2. The van der Waals surface area contributed by atoms with Crippen LogP contribution in [0.5, 0.6) is 5.88 Å². The van der Waals surface area contributed by atoms with E-state index in [4.69, 9.17) is 4.74 Å². The molecule has 4 heteroatoms. The maximum atomic E-state index is 5.58. The summed E-state index contributed by atoms with van der Waals surface area (Å²) in [6.45, 7) is 2.50. The van der Waals surface area contributed by atoms with Crippen LogP contribution in [0.3, 0.4) is 0 Å². The third-order valence-electron chi connectivity index (χ3n) is 2.47. The molecule has 0 saturated heterocycles. The fourth-order valence-corrected chi connectivity index (χ4v) is 1.96. The SMILES string of the molecule is CCc1nc(Br)cc(OC/C=C/c2ccccc2)n1. The largest absolute Gasteiger partial charge is 0.473 e. The lowest BCUT2D eigenvalue weighted by Crippen LogP contribution is -2.00. The molecule has 2 rings (SSSR count). The van der Waals surface area contributed by atoms with E-state index in [9.17, 15) is 0 Å². The second-order valence-corrected chi connectivity index (χ2v) is 4.74. The molecule has 0 aliphatic rings. The highest BCUT2D eigenvalue weighted by molar-refractivity contribution is 9.10. The van der Waals surface area contributed by atoms with Gasteiger partial charge in [-0.3, -0.25) is 0 Å². The maximum absolute atomic E-state index is 5.58. The van der Waals surface area contributed by atoms with Gasteiger partial charge < -0.3 is 4.74 Å². The molecule has 1 heterocycles. The van der Waals surface area contributed by atoms with Crippen LogP contribution in [0.2, 0.25) is 0 Å². The van der Waals surface area contributed by atoms with E-state index in [-0.39, 0.29) is 0 Å². The molecule has 0 aliphatic carbocycles. The van der Waals surface area contributed by atoms with Crippen LogP contribution in [-0.2, 0) is 6.42 Å². The lowest BCUT2D eigenvalue weighted by molar-refractivity contribution is 0.346. The third kappa shape index (κ3) is 4.48. The molecule has 0 fully saturated rings. The van der Waals surface area contributed by atoms with E-state index in [1.54, 1.807) is 6.07 Å². The fourth-order valence-electron chi connectivity index (χ4n) is 1.56. The first-order valence-electron chi connectivity index (χ1n) is 6.16. The van der Waals surface area contributed by atoms with E-state index < -0.39 is 0 Å². The maximum Gasteiger partial charge on any atom is 0.218 e. The first-order chi connectivity index (χ1) is 9.28. The summed E-state index contributed by atoms with van der Waals surface area (Å²) in [4.78, 5) is 8.54. The zero-order valence-corrected chi connectivity index (χ0v) is 12.3. The van der Waals surface area contributed by atoms with Crippen molar-refractivity contribution >= 4 is 22.0 Å². The Morgan fingerprint density at radius 1 is 1.21 bits per heavy atom. The minimum absolute atomic E-state index is 0.488. The van der Waals surface area contributed by atoms with E-state index in [1.165, 1.54) is 0 Å². The molecule has 19 heavy (non-hydrogen) atoms. The number of halogens is 1. The van der Waals surface area contributed by atoms with E-state index in [2.05, 4.69) is 25.9 Å². The molecule has 0 amide bonds. The summed E-state index contributed by atoms with van der Waals surface area (Å²) < 4.78 is 6.33. The molecule has 3 nitrogen and oxygen atoms in total. The van der Waals surface area contributed by atoms with Crippen molar-refractivity contribution in [3.8, 4) is 5.88 Å². The molecular weight excluding hydrogens is 304 g/mol. The van der Waals surface area contributed by atoms with Crippen molar-refractivity contribution in [3.05, 3.63) is 58.5 Å². The normalized spacial score (nSPS) is 10.8. The zero-order valence-electron chi connectivity index (χ0n) is 10.7. The smallest absolute Gasteiger partial charge is 0.218 e. The van der Waals surface area contributed by atoms with E-state index in [0.29, 0.717) is 12.5 Å². The summed E-state index contributed by atoms with van der Waals surface area (Å²) in [7, 11) is 0. The van der Waals surface area contributed by atoms with E-state index in [0.717, 1.165) is 22.4 Å². The zero-order chi connectivity index (χ0) is 13.5. The average Bonchev–Trinajstić information content (AvgIpc) is 2.44. The summed E-state index contributed by atoms with van der Waals surface area (Å²) in [6.07, 6.45) is 4.78.